The van der Waals surface area contributed by atoms with Crippen molar-refractivity contribution < 1.29 is 17.7 Å². The van der Waals surface area contributed by atoms with Gasteiger partial charge in [-0.05, 0) is 40.5 Å². The molecule has 1 aliphatic heterocycles. The number of carbonyl (C=O) groups is 1. The van der Waals surface area contributed by atoms with E-state index in [4.69, 9.17) is 4.52 Å². The van der Waals surface area contributed by atoms with Gasteiger partial charge in [0.25, 0.3) is 0 Å². The predicted octanol–water partition coefficient (Wildman–Crippen LogP) is 1.50. The average molecular weight is 424 g/mol. The molecule has 0 bridgehead atoms. The van der Waals surface area contributed by atoms with Crippen molar-refractivity contribution in [1.82, 2.24) is 24.1 Å². The summed E-state index contributed by atoms with van der Waals surface area (Å²) < 4.78 is 34.6. The van der Waals surface area contributed by atoms with E-state index in [1.54, 1.807) is 30.5 Å². The van der Waals surface area contributed by atoms with E-state index < -0.39 is 10.0 Å². The third-order valence-electron chi connectivity index (χ3n) is 5.62. The Morgan fingerprint density at radius 2 is 1.79 bits per heavy atom. The van der Waals surface area contributed by atoms with E-state index in [1.165, 1.54) is 4.31 Å². The summed E-state index contributed by atoms with van der Waals surface area (Å²) in [6, 6.07) is 0. The van der Waals surface area contributed by atoms with Gasteiger partial charge in [0.2, 0.25) is 15.9 Å². The van der Waals surface area contributed by atoms with Crippen LogP contribution in [0, 0.1) is 27.7 Å². The molecule has 0 unspecified atom stereocenters. The van der Waals surface area contributed by atoms with Crippen molar-refractivity contribution in [2.45, 2.75) is 51.9 Å². The number of nitrogens with zero attached hydrogens (tertiary/aromatic N) is 5. The predicted molar refractivity (Wildman–Crippen MR) is 107 cm³/mol. The van der Waals surface area contributed by atoms with Gasteiger partial charge in [0.15, 0.2) is 0 Å². The van der Waals surface area contributed by atoms with E-state index in [0.29, 0.717) is 50.3 Å². The topological polar surface area (TPSA) is 102 Å². The summed E-state index contributed by atoms with van der Waals surface area (Å²) in [6.45, 7) is 8.80. The number of aromatic nitrogens is 3. The smallest absolute Gasteiger partial charge is 0.246 e. The van der Waals surface area contributed by atoms with Crippen LogP contribution in [0.25, 0.3) is 0 Å². The van der Waals surface area contributed by atoms with Gasteiger partial charge in [0, 0.05) is 45.2 Å². The van der Waals surface area contributed by atoms with Crippen molar-refractivity contribution in [3.05, 3.63) is 28.4 Å². The van der Waals surface area contributed by atoms with E-state index in [0.717, 1.165) is 17.0 Å². The van der Waals surface area contributed by atoms with Crippen LogP contribution in [0.5, 0.6) is 0 Å². The molecule has 3 heterocycles. The summed E-state index contributed by atoms with van der Waals surface area (Å²) in [4.78, 5) is 14.7. The molecule has 0 saturated carbocycles. The summed E-state index contributed by atoms with van der Waals surface area (Å²) in [6.07, 6.45) is 1.54. The molecule has 0 radical (unpaired) electrons. The zero-order chi connectivity index (χ0) is 21.3. The van der Waals surface area contributed by atoms with Crippen molar-refractivity contribution in [2.24, 2.45) is 7.05 Å². The summed E-state index contributed by atoms with van der Waals surface area (Å²) >= 11 is 0. The maximum atomic E-state index is 13.2. The lowest BCUT2D eigenvalue weighted by Gasteiger charge is -2.22. The summed E-state index contributed by atoms with van der Waals surface area (Å²) in [7, 11) is -1.90. The zero-order valence-electron chi connectivity index (χ0n) is 17.7. The molecule has 0 spiro atoms. The van der Waals surface area contributed by atoms with Crippen molar-refractivity contribution >= 4 is 15.9 Å². The molecule has 29 heavy (non-hydrogen) atoms. The maximum Gasteiger partial charge on any atom is 0.246 e. The number of rotatable bonds is 5. The van der Waals surface area contributed by atoms with Gasteiger partial charge >= 0.3 is 0 Å². The third kappa shape index (κ3) is 4.23. The van der Waals surface area contributed by atoms with Crippen molar-refractivity contribution in [3.8, 4) is 0 Å². The minimum atomic E-state index is -3.64. The lowest BCUT2D eigenvalue weighted by atomic mass is 10.1. The monoisotopic (exact) mass is 423 g/mol. The van der Waals surface area contributed by atoms with Gasteiger partial charge in [-0.1, -0.05) is 5.16 Å². The normalized spacial score (nSPS) is 16.2. The van der Waals surface area contributed by atoms with E-state index in [1.807, 2.05) is 13.8 Å². The number of aryl methyl sites for hydroxylation is 4. The van der Waals surface area contributed by atoms with Gasteiger partial charge in [-0.2, -0.15) is 9.40 Å². The van der Waals surface area contributed by atoms with Gasteiger partial charge in [0.1, 0.15) is 10.7 Å². The Morgan fingerprint density at radius 3 is 2.38 bits per heavy atom. The summed E-state index contributed by atoms with van der Waals surface area (Å²) in [5, 5.41) is 8.16. The molecule has 0 aromatic carbocycles. The van der Waals surface area contributed by atoms with Crippen LogP contribution in [0.2, 0.25) is 0 Å². The fourth-order valence-electron chi connectivity index (χ4n) is 3.89. The Kier molecular flexibility index (Phi) is 6.13. The highest BCUT2D eigenvalue weighted by Gasteiger charge is 2.32. The number of amides is 1. The Morgan fingerprint density at radius 1 is 1.07 bits per heavy atom. The number of sulfonamides is 1. The molecule has 160 valence electrons. The molecule has 0 aliphatic carbocycles. The van der Waals surface area contributed by atoms with E-state index in [2.05, 4.69) is 10.3 Å². The fraction of sp³-hybridized carbons (Fsp3) is 0.632. The van der Waals surface area contributed by atoms with Crippen molar-refractivity contribution in [3.63, 3.8) is 0 Å². The molecule has 9 nitrogen and oxygen atoms in total. The van der Waals surface area contributed by atoms with Gasteiger partial charge in [-0.25, -0.2) is 8.42 Å². The number of carbonyl (C=O) groups excluding carboxylic acids is 1. The largest absolute Gasteiger partial charge is 0.361 e. The molecular formula is C19H29N5O4S. The minimum absolute atomic E-state index is 0.0259. The highest BCUT2D eigenvalue weighted by Crippen LogP contribution is 2.24. The van der Waals surface area contributed by atoms with Crippen LogP contribution in [0.3, 0.4) is 0 Å². The first-order valence-corrected chi connectivity index (χ1v) is 11.3. The second-order valence-electron chi connectivity index (χ2n) is 7.56. The van der Waals surface area contributed by atoms with E-state index in [9.17, 15) is 13.2 Å². The Hall–Kier alpha value is -2.20. The third-order valence-corrected chi connectivity index (χ3v) is 7.77. The van der Waals surface area contributed by atoms with Crippen molar-refractivity contribution in [1.29, 1.82) is 0 Å². The Labute approximate surface area is 171 Å². The summed E-state index contributed by atoms with van der Waals surface area (Å²) in [5.74, 6) is 0.767. The second-order valence-corrected chi connectivity index (χ2v) is 9.44. The highest BCUT2D eigenvalue weighted by atomic mass is 32.2. The molecule has 1 amide bonds. The lowest BCUT2D eigenvalue weighted by Crippen LogP contribution is -2.37. The average Bonchev–Trinajstić information content (AvgIpc) is 2.99. The molecule has 0 atom stereocenters. The standard InChI is InChI=1S/C19H29N5O4S/c1-13-17(16(4)28-21-13)7-8-18(25)23-9-6-10-24(12-11-23)29(26,27)19-14(2)20-22(5)15(19)3/h6-12H2,1-5H3. The quantitative estimate of drug-likeness (QED) is 0.722. The van der Waals surface area contributed by atoms with E-state index >= 15 is 0 Å². The van der Waals surface area contributed by atoms with Crippen LogP contribution >= 0.6 is 0 Å². The van der Waals surface area contributed by atoms with Gasteiger partial charge in [0.05, 0.1) is 17.1 Å². The molecule has 10 heteroatoms. The Bertz CT molecular complexity index is 989. The van der Waals surface area contributed by atoms with Gasteiger partial charge in [-0.15, -0.1) is 0 Å². The minimum Gasteiger partial charge on any atom is -0.361 e. The van der Waals surface area contributed by atoms with Crippen LogP contribution < -0.4 is 0 Å². The first-order chi connectivity index (χ1) is 13.6. The first kappa shape index (κ1) is 21.5. The zero-order valence-corrected chi connectivity index (χ0v) is 18.5. The molecule has 0 N–H and O–H groups in total. The van der Waals surface area contributed by atoms with Crippen LogP contribution in [-0.2, 0) is 28.3 Å². The number of hydrogen-bond donors (Lipinski definition) is 0. The lowest BCUT2D eigenvalue weighted by molar-refractivity contribution is -0.131. The van der Waals surface area contributed by atoms with Crippen LogP contribution in [0.4, 0.5) is 0 Å². The molecule has 2 aromatic rings. The van der Waals surface area contributed by atoms with E-state index in [-0.39, 0.29) is 17.3 Å². The molecule has 3 rings (SSSR count). The van der Waals surface area contributed by atoms with Gasteiger partial charge < -0.3 is 9.42 Å². The van der Waals surface area contributed by atoms with Crippen LogP contribution in [-0.4, -0.2) is 64.6 Å². The van der Waals surface area contributed by atoms with Crippen LogP contribution in [0.15, 0.2) is 9.42 Å². The van der Waals surface area contributed by atoms with Crippen LogP contribution in [0.1, 0.15) is 41.2 Å². The second kappa shape index (κ2) is 8.27. The molecule has 2 aromatic heterocycles. The Balaban J connectivity index is 1.66. The summed E-state index contributed by atoms with van der Waals surface area (Å²) in [5.41, 5.74) is 2.91. The molecule has 1 saturated heterocycles. The fourth-order valence-corrected chi connectivity index (χ4v) is 5.76. The SMILES string of the molecule is Cc1noc(C)c1CCC(=O)N1CCCN(S(=O)(=O)c2c(C)nn(C)c2C)CC1. The highest BCUT2D eigenvalue weighted by molar-refractivity contribution is 7.89. The molecule has 1 aliphatic rings. The number of hydrogen-bond acceptors (Lipinski definition) is 6. The molecule has 1 fully saturated rings. The van der Waals surface area contributed by atoms with Gasteiger partial charge in [-0.3, -0.25) is 9.48 Å². The molecular weight excluding hydrogens is 394 g/mol. The first-order valence-electron chi connectivity index (χ1n) is 9.82. The van der Waals surface area contributed by atoms with Crippen molar-refractivity contribution in [2.75, 3.05) is 26.2 Å². The maximum absolute atomic E-state index is 13.2.